The minimum Gasteiger partial charge on any atom is -0.497 e. The van der Waals surface area contributed by atoms with Gasteiger partial charge in [-0.05, 0) is 61.4 Å². The minimum absolute atomic E-state index is 0.0314. The monoisotopic (exact) mass is 567 g/mol. The lowest BCUT2D eigenvalue weighted by molar-refractivity contribution is -0.129. The van der Waals surface area contributed by atoms with E-state index < -0.39 is 5.97 Å². The molecule has 2 heterocycles. The molecule has 2 N–H and O–H groups in total. The number of nitrogens with zero attached hydrogens (tertiary/aromatic N) is 1. The van der Waals surface area contributed by atoms with Gasteiger partial charge in [0.05, 0.1) is 31.6 Å². The number of thioether (sulfide) groups is 1. The largest absolute Gasteiger partial charge is 0.497 e. The first-order chi connectivity index (χ1) is 18.8. The summed E-state index contributed by atoms with van der Waals surface area (Å²) in [6, 6.07) is 14.0. The molecule has 0 aliphatic carbocycles. The van der Waals surface area contributed by atoms with Gasteiger partial charge in [-0.1, -0.05) is 6.07 Å². The molecule has 39 heavy (non-hydrogen) atoms. The Kier molecular flexibility index (Phi) is 9.26. The molecular formula is C28H29N3O6S2. The number of esters is 1. The number of nitrogens with one attached hydrogen (secondary N) is 2. The molecule has 11 heteroatoms. The average molecular weight is 568 g/mol. The Bertz CT molecular complexity index is 1390. The Labute approximate surface area is 234 Å². The Morgan fingerprint density at radius 1 is 1.08 bits per heavy atom. The molecule has 1 aromatic heterocycles. The van der Waals surface area contributed by atoms with Crippen LogP contribution in [-0.4, -0.2) is 54.6 Å². The van der Waals surface area contributed by atoms with E-state index in [2.05, 4.69) is 10.6 Å². The van der Waals surface area contributed by atoms with Crippen LogP contribution in [0.15, 0.2) is 53.4 Å². The minimum atomic E-state index is -0.477. The number of carbonyl (C=O) groups excluding carboxylic acids is 4. The van der Waals surface area contributed by atoms with Crippen molar-refractivity contribution < 1.29 is 28.7 Å². The molecule has 0 saturated carbocycles. The summed E-state index contributed by atoms with van der Waals surface area (Å²) < 4.78 is 10.4. The van der Waals surface area contributed by atoms with Gasteiger partial charge in [-0.2, -0.15) is 0 Å². The average Bonchev–Trinajstić information content (AvgIpc) is 3.29. The number of ether oxygens (including phenoxy) is 2. The van der Waals surface area contributed by atoms with E-state index in [4.69, 9.17) is 9.47 Å². The van der Waals surface area contributed by atoms with Gasteiger partial charge < -0.3 is 25.0 Å². The van der Waals surface area contributed by atoms with Gasteiger partial charge >= 0.3 is 5.97 Å². The van der Waals surface area contributed by atoms with E-state index in [-0.39, 0.29) is 30.1 Å². The second kappa shape index (κ2) is 12.8. The first-order valence-corrected chi connectivity index (χ1v) is 14.1. The quantitative estimate of drug-likeness (QED) is 0.281. The molecule has 1 aliphatic heterocycles. The van der Waals surface area contributed by atoms with Crippen molar-refractivity contribution in [2.45, 2.75) is 31.7 Å². The number of benzene rings is 2. The highest BCUT2D eigenvalue weighted by Gasteiger charge is 2.30. The zero-order chi connectivity index (χ0) is 27.9. The van der Waals surface area contributed by atoms with Crippen molar-refractivity contribution in [2.75, 3.05) is 36.6 Å². The number of rotatable bonds is 9. The van der Waals surface area contributed by atoms with Gasteiger partial charge in [0.25, 0.3) is 5.91 Å². The maximum Gasteiger partial charge on any atom is 0.341 e. The second-order valence-corrected chi connectivity index (χ2v) is 10.8. The highest BCUT2D eigenvalue weighted by Crippen LogP contribution is 2.38. The summed E-state index contributed by atoms with van der Waals surface area (Å²) in [5.74, 6) is -0.279. The van der Waals surface area contributed by atoms with Crippen molar-refractivity contribution in [2.24, 2.45) is 0 Å². The third-order valence-electron chi connectivity index (χ3n) is 6.05. The summed E-state index contributed by atoms with van der Waals surface area (Å²) in [4.78, 5) is 53.5. The number of amides is 3. The lowest BCUT2D eigenvalue weighted by Crippen LogP contribution is -2.34. The SMILES string of the molecule is CCOC(=O)c1c(NC(=O)CSc2cccc(NC(=O)c3ccc(OC)cc3)c2)sc2c1CCN(C(C)=O)C2. The highest BCUT2D eigenvalue weighted by molar-refractivity contribution is 8.00. The smallest absolute Gasteiger partial charge is 0.341 e. The summed E-state index contributed by atoms with van der Waals surface area (Å²) >= 11 is 2.61. The standard InChI is InChI=1S/C28H29N3O6S2/c1-4-37-28(35)25-22-12-13-31(17(2)32)15-23(22)39-27(25)30-24(33)16-38-21-7-5-6-19(14-21)29-26(34)18-8-10-20(36-3)11-9-18/h5-11,14H,4,12-13,15-16H2,1-3H3,(H,29,34)(H,30,33). The normalized spacial score (nSPS) is 12.3. The molecule has 0 unspecified atom stereocenters. The maximum atomic E-state index is 12.9. The van der Waals surface area contributed by atoms with E-state index in [0.29, 0.717) is 47.1 Å². The van der Waals surface area contributed by atoms with Crippen LogP contribution in [0.25, 0.3) is 0 Å². The molecule has 0 bridgehead atoms. The van der Waals surface area contributed by atoms with Crippen LogP contribution in [-0.2, 0) is 27.3 Å². The van der Waals surface area contributed by atoms with Crippen molar-refractivity contribution in [1.29, 1.82) is 0 Å². The van der Waals surface area contributed by atoms with Crippen molar-refractivity contribution >= 4 is 57.5 Å². The maximum absolute atomic E-state index is 12.9. The zero-order valence-corrected chi connectivity index (χ0v) is 23.5. The van der Waals surface area contributed by atoms with Crippen molar-refractivity contribution in [3.63, 3.8) is 0 Å². The summed E-state index contributed by atoms with van der Waals surface area (Å²) in [6.45, 7) is 4.39. The summed E-state index contributed by atoms with van der Waals surface area (Å²) in [7, 11) is 1.56. The topological polar surface area (TPSA) is 114 Å². The van der Waals surface area contributed by atoms with Crippen molar-refractivity contribution in [3.8, 4) is 5.75 Å². The summed E-state index contributed by atoms with van der Waals surface area (Å²) in [5.41, 5.74) is 2.31. The molecule has 9 nitrogen and oxygen atoms in total. The number of thiophene rings is 1. The molecule has 0 radical (unpaired) electrons. The number of carbonyl (C=O) groups is 4. The van der Waals surface area contributed by atoms with Crippen LogP contribution < -0.4 is 15.4 Å². The molecule has 0 fully saturated rings. The van der Waals surface area contributed by atoms with E-state index in [0.717, 1.165) is 15.3 Å². The van der Waals surface area contributed by atoms with E-state index in [1.165, 1.54) is 30.0 Å². The fourth-order valence-corrected chi connectivity index (χ4v) is 6.12. The van der Waals surface area contributed by atoms with Crippen LogP contribution in [0.2, 0.25) is 0 Å². The Morgan fingerprint density at radius 3 is 2.54 bits per heavy atom. The fourth-order valence-electron chi connectivity index (χ4n) is 4.10. The number of hydrogen-bond donors (Lipinski definition) is 2. The van der Waals surface area contributed by atoms with Crippen LogP contribution >= 0.6 is 23.1 Å². The van der Waals surface area contributed by atoms with Gasteiger partial charge in [0.1, 0.15) is 10.8 Å². The van der Waals surface area contributed by atoms with E-state index in [1.54, 1.807) is 61.4 Å². The molecule has 4 rings (SSSR count). The molecule has 204 valence electrons. The highest BCUT2D eigenvalue weighted by atomic mass is 32.2. The van der Waals surface area contributed by atoms with Crippen LogP contribution in [0.5, 0.6) is 5.75 Å². The number of fused-ring (bicyclic) bond motifs is 1. The van der Waals surface area contributed by atoms with Gasteiger partial charge in [-0.3, -0.25) is 14.4 Å². The van der Waals surface area contributed by atoms with Crippen LogP contribution in [0.4, 0.5) is 10.7 Å². The molecule has 0 saturated heterocycles. The lowest BCUT2D eigenvalue weighted by Gasteiger charge is -2.25. The van der Waals surface area contributed by atoms with E-state index in [9.17, 15) is 19.2 Å². The third kappa shape index (κ3) is 6.98. The Morgan fingerprint density at radius 2 is 1.85 bits per heavy atom. The summed E-state index contributed by atoms with van der Waals surface area (Å²) in [5, 5.41) is 6.18. The summed E-state index contributed by atoms with van der Waals surface area (Å²) in [6.07, 6.45) is 0.527. The Hall–Kier alpha value is -3.83. The lowest BCUT2D eigenvalue weighted by atomic mass is 10.0. The van der Waals surface area contributed by atoms with E-state index >= 15 is 0 Å². The van der Waals surface area contributed by atoms with Crippen LogP contribution in [0, 0.1) is 0 Å². The number of hydrogen-bond acceptors (Lipinski definition) is 8. The van der Waals surface area contributed by atoms with Gasteiger partial charge in [-0.25, -0.2) is 4.79 Å². The zero-order valence-electron chi connectivity index (χ0n) is 21.9. The van der Waals surface area contributed by atoms with Gasteiger partial charge in [0.15, 0.2) is 0 Å². The third-order valence-corrected chi connectivity index (χ3v) is 8.17. The molecule has 0 atom stereocenters. The van der Waals surface area contributed by atoms with Crippen LogP contribution in [0.1, 0.15) is 45.0 Å². The first-order valence-electron chi connectivity index (χ1n) is 12.3. The molecule has 1 aliphatic rings. The second-order valence-electron chi connectivity index (χ2n) is 8.67. The first kappa shape index (κ1) is 28.2. The fraction of sp³-hybridized carbons (Fsp3) is 0.286. The molecule has 3 amide bonds. The predicted octanol–water partition coefficient (Wildman–Crippen LogP) is 4.82. The predicted molar refractivity (Wildman–Crippen MR) is 152 cm³/mol. The van der Waals surface area contributed by atoms with Gasteiger partial charge in [0.2, 0.25) is 11.8 Å². The van der Waals surface area contributed by atoms with E-state index in [1.807, 2.05) is 6.07 Å². The van der Waals surface area contributed by atoms with Crippen molar-refractivity contribution in [1.82, 2.24) is 4.90 Å². The molecule has 0 spiro atoms. The molecule has 2 aromatic carbocycles. The Balaban J connectivity index is 1.40. The van der Waals surface area contributed by atoms with Crippen molar-refractivity contribution in [3.05, 3.63) is 70.1 Å². The number of anilines is 2. The van der Waals surface area contributed by atoms with Gasteiger partial charge in [-0.15, -0.1) is 23.1 Å². The van der Waals surface area contributed by atoms with Crippen LogP contribution in [0.3, 0.4) is 0 Å². The molecule has 3 aromatic rings. The molecular weight excluding hydrogens is 538 g/mol. The van der Waals surface area contributed by atoms with Gasteiger partial charge in [0, 0.05) is 34.5 Å². The number of methoxy groups -OCH3 is 1.